The number of rotatable bonds is 7. The third kappa shape index (κ3) is 4.79. The Labute approximate surface area is 125 Å². The Bertz CT molecular complexity index is 526. The molecule has 0 spiro atoms. The van der Waals surface area contributed by atoms with E-state index in [4.69, 9.17) is 9.15 Å². The maximum atomic E-state index is 11.7. The van der Waals surface area contributed by atoms with Crippen LogP contribution in [0.25, 0.3) is 0 Å². The number of halogens is 1. The van der Waals surface area contributed by atoms with E-state index in [1.165, 1.54) is 0 Å². The van der Waals surface area contributed by atoms with Crippen molar-refractivity contribution in [1.29, 1.82) is 0 Å². The Hall–Kier alpha value is -1.66. The molecular weight excluding hydrogens is 324 g/mol. The van der Waals surface area contributed by atoms with Crippen molar-refractivity contribution in [2.45, 2.75) is 13.0 Å². The summed E-state index contributed by atoms with van der Waals surface area (Å²) in [6.45, 7) is 1.57. The fourth-order valence-electron chi connectivity index (χ4n) is 1.54. The second-order valence-electron chi connectivity index (χ2n) is 4.10. The third-order valence-electron chi connectivity index (χ3n) is 2.54. The summed E-state index contributed by atoms with van der Waals surface area (Å²) in [5.74, 6) is 0.622. The topological polar surface area (TPSA) is 64.4 Å². The fourth-order valence-corrected chi connectivity index (χ4v) is 1.78. The minimum atomic E-state index is -0.177. The summed E-state index contributed by atoms with van der Waals surface area (Å²) >= 11 is 3.27. The monoisotopic (exact) mass is 338 g/mol. The van der Waals surface area contributed by atoms with Gasteiger partial charge in [-0.2, -0.15) is 0 Å². The molecule has 2 aromatic heterocycles. The van der Waals surface area contributed by atoms with Gasteiger partial charge in [0.05, 0.1) is 6.26 Å². The lowest BCUT2D eigenvalue weighted by Crippen LogP contribution is -2.26. The van der Waals surface area contributed by atoms with E-state index in [-0.39, 0.29) is 5.91 Å². The number of ether oxygens (including phenoxy) is 1. The first-order valence-electron chi connectivity index (χ1n) is 6.25. The molecule has 0 saturated carbocycles. The van der Waals surface area contributed by atoms with Crippen LogP contribution in [-0.2, 0) is 11.3 Å². The van der Waals surface area contributed by atoms with Gasteiger partial charge in [0.2, 0.25) is 0 Å². The molecule has 2 aromatic rings. The van der Waals surface area contributed by atoms with Crippen molar-refractivity contribution in [3.8, 4) is 0 Å². The largest absolute Gasteiger partial charge is 0.467 e. The average Bonchev–Trinajstić information content (AvgIpc) is 2.96. The molecule has 20 heavy (non-hydrogen) atoms. The van der Waals surface area contributed by atoms with E-state index < -0.39 is 0 Å². The predicted octanol–water partition coefficient (Wildman–Crippen LogP) is 2.77. The van der Waals surface area contributed by atoms with Gasteiger partial charge in [-0.25, -0.2) is 4.98 Å². The Kier molecular flexibility index (Phi) is 5.76. The van der Waals surface area contributed by atoms with Crippen molar-refractivity contribution in [3.05, 3.63) is 52.7 Å². The Morgan fingerprint density at radius 1 is 1.40 bits per heavy atom. The number of carbonyl (C=O) groups is 1. The van der Waals surface area contributed by atoms with Crippen LogP contribution < -0.4 is 5.32 Å². The van der Waals surface area contributed by atoms with E-state index in [0.29, 0.717) is 25.5 Å². The van der Waals surface area contributed by atoms with Gasteiger partial charge in [-0.15, -0.1) is 0 Å². The molecule has 0 radical (unpaired) electrons. The van der Waals surface area contributed by atoms with Crippen molar-refractivity contribution < 1.29 is 13.9 Å². The average molecular weight is 339 g/mol. The molecule has 0 bridgehead atoms. The van der Waals surface area contributed by atoms with E-state index >= 15 is 0 Å². The molecule has 0 fully saturated rings. The molecule has 0 aromatic carbocycles. The number of pyridine rings is 1. The quantitative estimate of drug-likeness (QED) is 0.788. The number of furan rings is 1. The minimum Gasteiger partial charge on any atom is -0.467 e. The molecule has 106 valence electrons. The van der Waals surface area contributed by atoms with Gasteiger partial charge in [-0.05, 0) is 46.6 Å². The van der Waals surface area contributed by atoms with E-state index in [1.807, 2.05) is 12.1 Å². The van der Waals surface area contributed by atoms with Crippen LogP contribution in [-0.4, -0.2) is 24.0 Å². The van der Waals surface area contributed by atoms with Crippen LogP contribution in [0.4, 0.5) is 0 Å². The van der Waals surface area contributed by atoms with Gasteiger partial charge in [-0.3, -0.25) is 4.79 Å². The number of aromatic nitrogens is 1. The normalized spacial score (nSPS) is 10.4. The van der Waals surface area contributed by atoms with Crippen LogP contribution in [0.15, 0.2) is 45.6 Å². The van der Waals surface area contributed by atoms with Crippen LogP contribution in [0.1, 0.15) is 22.7 Å². The number of amides is 1. The van der Waals surface area contributed by atoms with Gasteiger partial charge in [0.15, 0.2) is 0 Å². The first kappa shape index (κ1) is 14.7. The number of hydrogen-bond acceptors (Lipinski definition) is 4. The Balaban J connectivity index is 1.58. The smallest absolute Gasteiger partial charge is 0.269 e. The standard InChI is InChI=1S/C14H15BrN2O3/c15-11-4-5-13(17-9-11)14(18)16-6-2-7-19-10-12-3-1-8-20-12/h1,3-5,8-9H,2,6-7,10H2,(H,16,18). The number of nitrogens with one attached hydrogen (secondary N) is 1. The summed E-state index contributed by atoms with van der Waals surface area (Å²) in [5, 5.41) is 2.79. The highest BCUT2D eigenvalue weighted by Gasteiger charge is 2.05. The van der Waals surface area contributed by atoms with Gasteiger partial charge in [-0.1, -0.05) is 0 Å². The molecule has 6 heteroatoms. The van der Waals surface area contributed by atoms with E-state index in [2.05, 4.69) is 26.2 Å². The molecule has 0 saturated heterocycles. The lowest BCUT2D eigenvalue weighted by atomic mass is 10.3. The molecule has 1 amide bonds. The highest BCUT2D eigenvalue weighted by atomic mass is 79.9. The first-order chi connectivity index (χ1) is 9.75. The first-order valence-corrected chi connectivity index (χ1v) is 7.05. The molecule has 0 aliphatic heterocycles. The van der Waals surface area contributed by atoms with Crippen molar-refractivity contribution in [2.24, 2.45) is 0 Å². The molecule has 2 heterocycles. The predicted molar refractivity (Wildman–Crippen MR) is 77.3 cm³/mol. The summed E-state index contributed by atoms with van der Waals surface area (Å²) in [5.41, 5.74) is 0.407. The van der Waals surface area contributed by atoms with Gasteiger partial charge >= 0.3 is 0 Å². The van der Waals surface area contributed by atoms with Crippen molar-refractivity contribution in [3.63, 3.8) is 0 Å². The van der Waals surface area contributed by atoms with Crippen LogP contribution >= 0.6 is 15.9 Å². The summed E-state index contributed by atoms with van der Waals surface area (Å²) in [6.07, 6.45) is 3.95. The van der Waals surface area contributed by atoms with Crippen molar-refractivity contribution >= 4 is 21.8 Å². The van der Waals surface area contributed by atoms with Gasteiger partial charge < -0.3 is 14.5 Å². The maximum absolute atomic E-state index is 11.7. The second-order valence-corrected chi connectivity index (χ2v) is 5.02. The van der Waals surface area contributed by atoms with E-state index in [0.717, 1.165) is 16.7 Å². The highest BCUT2D eigenvalue weighted by Crippen LogP contribution is 2.07. The Morgan fingerprint density at radius 3 is 3.00 bits per heavy atom. The SMILES string of the molecule is O=C(NCCCOCc1ccco1)c1ccc(Br)cn1. The van der Waals surface area contributed by atoms with Crippen LogP contribution in [0, 0.1) is 0 Å². The number of carbonyl (C=O) groups excluding carboxylic acids is 1. The molecule has 5 nitrogen and oxygen atoms in total. The van der Waals surface area contributed by atoms with Gasteiger partial charge in [0.1, 0.15) is 18.1 Å². The number of nitrogens with zero attached hydrogens (tertiary/aromatic N) is 1. The summed E-state index contributed by atoms with van der Waals surface area (Å²) < 4.78 is 11.4. The van der Waals surface area contributed by atoms with Crippen LogP contribution in [0.2, 0.25) is 0 Å². The molecule has 2 rings (SSSR count). The minimum absolute atomic E-state index is 0.177. The molecule has 0 unspecified atom stereocenters. The molecule has 1 N–H and O–H groups in total. The third-order valence-corrected chi connectivity index (χ3v) is 3.00. The van der Waals surface area contributed by atoms with Crippen LogP contribution in [0.5, 0.6) is 0 Å². The maximum Gasteiger partial charge on any atom is 0.269 e. The zero-order chi connectivity index (χ0) is 14.2. The Morgan fingerprint density at radius 2 is 2.30 bits per heavy atom. The molecular formula is C14H15BrN2O3. The van der Waals surface area contributed by atoms with Gasteiger partial charge in [0, 0.05) is 23.8 Å². The summed E-state index contributed by atoms with van der Waals surface area (Å²) in [7, 11) is 0. The summed E-state index contributed by atoms with van der Waals surface area (Å²) in [6, 6.07) is 7.15. The van der Waals surface area contributed by atoms with E-state index in [9.17, 15) is 4.79 Å². The van der Waals surface area contributed by atoms with E-state index in [1.54, 1.807) is 24.6 Å². The zero-order valence-corrected chi connectivity index (χ0v) is 12.4. The molecule has 0 atom stereocenters. The zero-order valence-electron chi connectivity index (χ0n) is 10.8. The molecule has 0 aliphatic carbocycles. The second kappa shape index (κ2) is 7.81. The molecule has 0 aliphatic rings. The van der Waals surface area contributed by atoms with Crippen molar-refractivity contribution in [1.82, 2.24) is 10.3 Å². The lowest BCUT2D eigenvalue weighted by molar-refractivity contribution is 0.0913. The lowest BCUT2D eigenvalue weighted by Gasteiger charge is -2.05. The highest BCUT2D eigenvalue weighted by molar-refractivity contribution is 9.10. The fraction of sp³-hybridized carbons (Fsp3) is 0.286. The van der Waals surface area contributed by atoms with Crippen LogP contribution in [0.3, 0.4) is 0 Å². The number of hydrogen-bond donors (Lipinski definition) is 1. The van der Waals surface area contributed by atoms with Crippen molar-refractivity contribution in [2.75, 3.05) is 13.2 Å². The van der Waals surface area contributed by atoms with Gasteiger partial charge in [0.25, 0.3) is 5.91 Å². The summed E-state index contributed by atoms with van der Waals surface area (Å²) in [4.78, 5) is 15.8.